The SMILES string of the molecule is O=[N+]([O-])c1cc2ccccc2nc1N1CCC(c2cncs2)CC1. The number of anilines is 1. The van der Waals surface area contributed by atoms with Crippen molar-refractivity contribution < 1.29 is 4.92 Å². The molecule has 3 aromatic rings. The quantitative estimate of drug-likeness (QED) is 0.532. The van der Waals surface area contributed by atoms with Crippen LogP contribution in [0.4, 0.5) is 11.5 Å². The Morgan fingerprint density at radius 3 is 2.75 bits per heavy atom. The summed E-state index contributed by atoms with van der Waals surface area (Å²) in [5.41, 5.74) is 2.74. The molecular weight excluding hydrogens is 324 g/mol. The van der Waals surface area contributed by atoms with Crippen LogP contribution in [-0.2, 0) is 0 Å². The van der Waals surface area contributed by atoms with E-state index < -0.39 is 0 Å². The Kier molecular flexibility index (Phi) is 3.86. The lowest BCUT2D eigenvalue weighted by molar-refractivity contribution is -0.384. The van der Waals surface area contributed by atoms with Crippen LogP contribution in [0.2, 0.25) is 0 Å². The lowest BCUT2D eigenvalue weighted by atomic mass is 9.95. The van der Waals surface area contributed by atoms with Gasteiger partial charge in [-0.05, 0) is 24.8 Å². The molecule has 1 fully saturated rings. The van der Waals surface area contributed by atoms with Crippen LogP contribution in [0.25, 0.3) is 10.9 Å². The Morgan fingerprint density at radius 2 is 2.04 bits per heavy atom. The third kappa shape index (κ3) is 2.71. The number of benzene rings is 1. The first-order valence-electron chi connectivity index (χ1n) is 7.90. The number of aromatic nitrogens is 2. The van der Waals surface area contributed by atoms with E-state index in [0.717, 1.165) is 36.8 Å². The van der Waals surface area contributed by atoms with Gasteiger partial charge < -0.3 is 4.90 Å². The molecule has 0 spiro atoms. The van der Waals surface area contributed by atoms with Crippen LogP contribution in [0, 0.1) is 10.1 Å². The molecule has 1 saturated heterocycles. The second kappa shape index (κ2) is 6.16. The lowest BCUT2D eigenvalue weighted by Gasteiger charge is -2.32. The summed E-state index contributed by atoms with van der Waals surface area (Å²) < 4.78 is 0. The Hall–Kier alpha value is -2.54. The van der Waals surface area contributed by atoms with E-state index in [2.05, 4.69) is 9.97 Å². The number of nitro groups is 1. The summed E-state index contributed by atoms with van der Waals surface area (Å²) in [5, 5.41) is 12.3. The summed E-state index contributed by atoms with van der Waals surface area (Å²) in [6, 6.07) is 9.16. The maximum atomic E-state index is 11.5. The maximum Gasteiger partial charge on any atom is 0.312 e. The highest BCUT2D eigenvalue weighted by Crippen LogP contribution is 2.35. The first-order valence-corrected chi connectivity index (χ1v) is 8.78. The summed E-state index contributed by atoms with van der Waals surface area (Å²) in [6.45, 7) is 1.55. The van der Waals surface area contributed by atoms with Gasteiger partial charge in [-0.3, -0.25) is 15.1 Å². The average Bonchev–Trinajstić information content (AvgIpc) is 3.15. The van der Waals surface area contributed by atoms with E-state index in [1.165, 1.54) is 4.88 Å². The first-order chi connectivity index (χ1) is 11.7. The van der Waals surface area contributed by atoms with Crippen molar-refractivity contribution in [1.29, 1.82) is 0 Å². The largest absolute Gasteiger partial charge is 0.351 e. The van der Waals surface area contributed by atoms with Crippen molar-refractivity contribution in [2.24, 2.45) is 0 Å². The zero-order chi connectivity index (χ0) is 16.5. The third-order valence-corrected chi connectivity index (χ3v) is 5.47. The number of piperidine rings is 1. The van der Waals surface area contributed by atoms with Crippen LogP contribution >= 0.6 is 11.3 Å². The van der Waals surface area contributed by atoms with Crippen molar-refractivity contribution in [3.63, 3.8) is 0 Å². The average molecular weight is 340 g/mol. The van der Waals surface area contributed by atoms with Crippen LogP contribution in [0.1, 0.15) is 23.6 Å². The smallest absolute Gasteiger partial charge is 0.312 e. The van der Waals surface area contributed by atoms with Crippen LogP contribution in [0.5, 0.6) is 0 Å². The molecule has 0 atom stereocenters. The van der Waals surface area contributed by atoms with Crippen molar-refractivity contribution in [3.05, 3.63) is 57.0 Å². The number of fused-ring (bicyclic) bond motifs is 1. The highest BCUT2D eigenvalue weighted by atomic mass is 32.1. The van der Waals surface area contributed by atoms with Gasteiger partial charge in [0.15, 0.2) is 0 Å². The molecular formula is C17H16N4O2S. The molecule has 0 bridgehead atoms. The highest BCUT2D eigenvalue weighted by molar-refractivity contribution is 7.09. The molecule has 1 aromatic carbocycles. The summed E-state index contributed by atoms with van der Waals surface area (Å²) in [6.07, 6.45) is 3.86. The van der Waals surface area contributed by atoms with E-state index in [-0.39, 0.29) is 10.6 Å². The maximum absolute atomic E-state index is 11.5. The van der Waals surface area contributed by atoms with Gasteiger partial charge in [0.2, 0.25) is 5.82 Å². The number of rotatable bonds is 3. The predicted octanol–water partition coefficient (Wildman–Crippen LogP) is 3.98. The monoisotopic (exact) mass is 340 g/mol. The molecule has 6 nitrogen and oxygen atoms in total. The second-order valence-electron chi connectivity index (χ2n) is 5.95. The molecule has 2 aromatic heterocycles. The molecule has 1 aliphatic rings. The van der Waals surface area contributed by atoms with E-state index in [9.17, 15) is 10.1 Å². The van der Waals surface area contributed by atoms with Gasteiger partial charge in [0.25, 0.3) is 0 Å². The number of thiazole rings is 1. The van der Waals surface area contributed by atoms with E-state index in [4.69, 9.17) is 0 Å². The minimum atomic E-state index is -0.329. The normalized spacial score (nSPS) is 15.8. The van der Waals surface area contributed by atoms with Crippen LogP contribution in [-0.4, -0.2) is 28.0 Å². The fourth-order valence-corrected chi connectivity index (χ4v) is 4.06. The van der Waals surface area contributed by atoms with Gasteiger partial charge in [-0.15, -0.1) is 11.3 Å². The molecule has 122 valence electrons. The second-order valence-corrected chi connectivity index (χ2v) is 6.86. The van der Waals surface area contributed by atoms with Crippen molar-refractivity contribution in [2.75, 3.05) is 18.0 Å². The topological polar surface area (TPSA) is 72.2 Å². The number of para-hydroxylation sites is 1. The van der Waals surface area contributed by atoms with Gasteiger partial charge in [0.1, 0.15) is 0 Å². The Bertz CT molecular complexity index is 873. The molecule has 0 aliphatic carbocycles. The van der Waals surface area contributed by atoms with Gasteiger partial charge in [-0.2, -0.15) is 0 Å². The number of hydrogen-bond acceptors (Lipinski definition) is 6. The van der Waals surface area contributed by atoms with Crippen LogP contribution < -0.4 is 4.90 Å². The predicted molar refractivity (Wildman–Crippen MR) is 94.7 cm³/mol. The molecule has 0 unspecified atom stereocenters. The molecule has 1 aliphatic heterocycles. The highest BCUT2D eigenvalue weighted by Gasteiger charge is 2.27. The molecule has 4 rings (SSSR count). The summed E-state index contributed by atoms with van der Waals surface area (Å²) in [7, 11) is 0. The molecule has 24 heavy (non-hydrogen) atoms. The molecule has 0 saturated carbocycles. The standard InChI is InChI=1S/C17H16N4O2S/c22-21(23)15-9-13-3-1-2-4-14(13)19-17(15)20-7-5-12(6-8-20)16-10-18-11-24-16/h1-4,9-12H,5-8H2. The lowest BCUT2D eigenvalue weighted by Crippen LogP contribution is -2.33. The molecule has 0 N–H and O–H groups in total. The number of hydrogen-bond donors (Lipinski definition) is 0. The molecule has 0 amide bonds. The van der Waals surface area contributed by atoms with E-state index >= 15 is 0 Å². The summed E-state index contributed by atoms with van der Waals surface area (Å²) >= 11 is 1.68. The zero-order valence-electron chi connectivity index (χ0n) is 13.0. The van der Waals surface area contributed by atoms with Crippen LogP contribution in [0.15, 0.2) is 42.0 Å². The molecule has 0 radical (unpaired) electrons. The van der Waals surface area contributed by atoms with Gasteiger partial charge in [0.05, 0.1) is 16.0 Å². The fraction of sp³-hybridized carbons (Fsp3) is 0.294. The summed E-state index contributed by atoms with van der Waals surface area (Å²) in [5.74, 6) is 0.981. The Balaban J connectivity index is 1.64. The third-order valence-electron chi connectivity index (χ3n) is 4.53. The van der Waals surface area contributed by atoms with Crippen LogP contribution in [0.3, 0.4) is 0 Å². The Morgan fingerprint density at radius 1 is 1.25 bits per heavy atom. The van der Waals surface area contributed by atoms with Gasteiger partial charge in [-0.25, -0.2) is 4.98 Å². The van der Waals surface area contributed by atoms with E-state index in [1.807, 2.05) is 40.9 Å². The van der Waals surface area contributed by atoms with Crippen molar-refractivity contribution in [2.45, 2.75) is 18.8 Å². The Labute approximate surface area is 142 Å². The van der Waals surface area contributed by atoms with E-state index in [0.29, 0.717) is 11.7 Å². The van der Waals surface area contributed by atoms with Crippen molar-refractivity contribution in [3.8, 4) is 0 Å². The summed E-state index contributed by atoms with van der Waals surface area (Å²) in [4.78, 5) is 23.2. The van der Waals surface area contributed by atoms with Gasteiger partial charge in [0, 0.05) is 35.6 Å². The zero-order valence-corrected chi connectivity index (χ0v) is 13.8. The minimum Gasteiger partial charge on any atom is -0.351 e. The number of pyridine rings is 1. The fourth-order valence-electron chi connectivity index (χ4n) is 3.26. The van der Waals surface area contributed by atoms with Gasteiger partial charge in [-0.1, -0.05) is 18.2 Å². The van der Waals surface area contributed by atoms with E-state index in [1.54, 1.807) is 17.4 Å². The first kappa shape index (κ1) is 15.0. The van der Waals surface area contributed by atoms with Crippen molar-refractivity contribution in [1.82, 2.24) is 9.97 Å². The molecule has 3 heterocycles. The van der Waals surface area contributed by atoms with Crippen molar-refractivity contribution >= 4 is 33.7 Å². The molecule has 7 heteroatoms. The number of nitrogens with zero attached hydrogens (tertiary/aromatic N) is 4. The minimum absolute atomic E-state index is 0.0879. The van der Waals surface area contributed by atoms with Gasteiger partial charge >= 0.3 is 5.69 Å².